The average molecular weight is 472 g/mol. The number of aliphatic hydroxyl groups is 1. The average Bonchev–Trinajstić information content (AvgIpc) is 3.17. The number of rotatable bonds is 8. The maximum atomic E-state index is 13.4. The highest BCUT2D eigenvalue weighted by atomic mass is 16.5. The van der Waals surface area contributed by atoms with Gasteiger partial charge in [-0.3, -0.25) is 14.5 Å². The van der Waals surface area contributed by atoms with Crippen LogP contribution in [0.4, 0.5) is 5.69 Å². The Kier molecular flexibility index (Phi) is 7.20. The molecule has 6 heteroatoms. The van der Waals surface area contributed by atoms with Crippen molar-refractivity contribution in [3.8, 4) is 11.5 Å². The van der Waals surface area contributed by atoms with Gasteiger partial charge in [0.25, 0.3) is 11.7 Å². The van der Waals surface area contributed by atoms with Crippen molar-refractivity contribution < 1.29 is 24.2 Å². The summed E-state index contributed by atoms with van der Waals surface area (Å²) in [6.07, 6.45) is 1.71. The maximum Gasteiger partial charge on any atom is 0.300 e. The number of Topliss-reactive ketones (excluding diaryl/α,β-unsaturated/α-hetero) is 1. The molecule has 1 heterocycles. The first-order valence-corrected chi connectivity index (χ1v) is 11.8. The molecule has 1 atom stereocenters. The number of nitrogens with zero attached hydrogens (tertiary/aromatic N) is 1. The van der Waals surface area contributed by atoms with Crippen LogP contribution in [0.1, 0.15) is 43.0 Å². The number of amides is 1. The topological polar surface area (TPSA) is 76.1 Å². The molecule has 0 spiro atoms. The molecule has 1 saturated heterocycles. The molecule has 3 aromatic carbocycles. The highest BCUT2D eigenvalue weighted by Crippen LogP contribution is 2.43. The van der Waals surface area contributed by atoms with Gasteiger partial charge in [0.15, 0.2) is 0 Å². The summed E-state index contributed by atoms with van der Waals surface area (Å²) in [6, 6.07) is 20.9. The first-order chi connectivity index (χ1) is 17.0. The lowest BCUT2D eigenvalue weighted by atomic mass is 9.94. The van der Waals surface area contributed by atoms with Crippen LogP contribution < -0.4 is 14.4 Å². The summed E-state index contributed by atoms with van der Waals surface area (Å²) in [6.45, 7) is 4.62. The molecule has 6 nitrogen and oxygen atoms in total. The lowest BCUT2D eigenvalue weighted by Crippen LogP contribution is -2.29. The van der Waals surface area contributed by atoms with Crippen LogP contribution in [0.25, 0.3) is 5.76 Å². The molecule has 35 heavy (non-hydrogen) atoms. The fourth-order valence-corrected chi connectivity index (χ4v) is 4.22. The second-order valence-electron chi connectivity index (χ2n) is 8.34. The van der Waals surface area contributed by atoms with E-state index >= 15 is 0 Å². The second kappa shape index (κ2) is 10.5. The standard InChI is InChI=1S/C29H29NO5/c1-4-16-35-24-11-7-9-22(18-24)30-26(20-14-12-19(5-2)13-15-20)25(28(32)29(30)33)27(31)21-8-6-10-23(17-21)34-3/h6-15,17-18,26,31H,4-5,16H2,1-3H3/b27-25+. The fourth-order valence-electron chi connectivity index (χ4n) is 4.22. The van der Waals surface area contributed by atoms with Crippen LogP contribution >= 0.6 is 0 Å². The van der Waals surface area contributed by atoms with E-state index in [1.165, 1.54) is 12.0 Å². The summed E-state index contributed by atoms with van der Waals surface area (Å²) < 4.78 is 11.0. The molecule has 1 aliphatic rings. The molecule has 0 bridgehead atoms. The SMILES string of the molecule is CCCOc1cccc(N2C(=O)C(=O)/C(=C(/O)c3cccc(OC)c3)C2c2ccc(CC)cc2)c1. The van der Waals surface area contributed by atoms with E-state index in [0.29, 0.717) is 29.4 Å². The minimum absolute atomic E-state index is 0.0346. The van der Waals surface area contributed by atoms with Gasteiger partial charge >= 0.3 is 0 Å². The van der Waals surface area contributed by atoms with E-state index in [4.69, 9.17) is 9.47 Å². The first kappa shape index (κ1) is 24.1. The van der Waals surface area contributed by atoms with Crippen molar-refractivity contribution in [3.05, 3.63) is 95.1 Å². The number of hydrogen-bond donors (Lipinski definition) is 1. The van der Waals surface area contributed by atoms with Crippen LogP contribution in [-0.2, 0) is 16.0 Å². The molecule has 4 rings (SSSR count). The Morgan fingerprint density at radius 2 is 1.66 bits per heavy atom. The Balaban J connectivity index is 1.89. The Hall–Kier alpha value is -4.06. The number of carbonyl (C=O) groups is 2. The largest absolute Gasteiger partial charge is 0.507 e. The van der Waals surface area contributed by atoms with Crippen LogP contribution in [0.3, 0.4) is 0 Å². The minimum atomic E-state index is -0.798. The summed E-state index contributed by atoms with van der Waals surface area (Å²) in [4.78, 5) is 28.2. The zero-order chi connectivity index (χ0) is 24.9. The number of methoxy groups -OCH3 is 1. The van der Waals surface area contributed by atoms with E-state index in [0.717, 1.165) is 24.0 Å². The lowest BCUT2D eigenvalue weighted by Gasteiger charge is -2.26. The number of anilines is 1. The summed E-state index contributed by atoms with van der Waals surface area (Å²) in [5, 5.41) is 11.3. The van der Waals surface area contributed by atoms with Gasteiger partial charge in [-0.05, 0) is 48.2 Å². The van der Waals surface area contributed by atoms with Crippen molar-refractivity contribution in [1.82, 2.24) is 0 Å². The van der Waals surface area contributed by atoms with Gasteiger partial charge in [0, 0.05) is 17.3 Å². The van der Waals surface area contributed by atoms with E-state index in [-0.39, 0.29) is 11.3 Å². The van der Waals surface area contributed by atoms with E-state index < -0.39 is 17.7 Å². The van der Waals surface area contributed by atoms with Gasteiger partial charge in [-0.15, -0.1) is 0 Å². The molecule has 180 valence electrons. The predicted molar refractivity (Wildman–Crippen MR) is 136 cm³/mol. The summed E-state index contributed by atoms with van der Waals surface area (Å²) in [7, 11) is 1.53. The van der Waals surface area contributed by atoms with Crippen LogP contribution in [-0.4, -0.2) is 30.5 Å². The Morgan fingerprint density at radius 1 is 0.943 bits per heavy atom. The molecule has 0 saturated carbocycles. The summed E-state index contributed by atoms with van der Waals surface area (Å²) >= 11 is 0. The molecular weight excluding hydrogens is 442 g/mol. The minimum Gasteiger partial charge on any atom is -0.507 e. The monoisotopic (exact) mass is 471 g/mol. The van der Waals surface area contributed by atoms with Crippen LogP contribution in [0.2, 0.25) is 0 Å². The molecule has 1 amide bonds. The predicted octanol–water partition coefficient (Wildman–Crippen LogP) is 5.67. The molecule has 0 radical (unpaired) electrons. The number of aliphatic hydroxyl groups excluding tert-OH is 1. The van der Waals surface area contributed by atoms with Crippen molar-refractivity contribution in [3.63, 3.8) is 0 Å². The number of benzene rings is 3. The van der Waals surface area contributed by atoms with Gasteiger partial charge in [0.2, 0.25) is 0 Å². The van der Waals surface area contributed by atoms with Gasteiger partial charge < -0.3 is 14.6 Å². The van der Waals surface area contributed by atoms with E-state index in [1.807, 2.05) is 37.3 Å². The van der Waals surface area contributed by atoms with Gasteiger partial charge in [-0.2, -0.15) is 0 Å². The second-order valence-corrected chi connectivity index (χ2v) is 8.34. The normalized spacial score (nSPS) is 17.0. The Labute approximate surface area is 205 Å². The number of carbonyl (C=O) groups excluding carboxylic acids is 2. The number of ketones is 1. The van der Waals surface area contributed by atoms with Crippen LogP contribution in [0, 0.1) is 0 Å². The number of ether oxygens (including phenoxy) is 2. The first-order valence-electron chi connectivity index (χ1n) is 11.8. The highest BCUT2D eigenvalue weighted by Gasteiger charge is 2.47. The summed E-state index contributed by atoms with van der Waals surface area (Å²) in [5.41, 5.74) is 2.82. The molecule has 0 aliphatic carbocycles. The third-order valence-corrected chi connectivity index (χ3v) is 6.06. The van der Waals surface area contributed by atoms with Crippen molar-refractivity contribution in [2.45, 2.75) is 32.7 Å². The number of aryl methyl sites for hydroxylation is 1. The Bertz CT molecular complexity index is 1260. The lowest BCUT2D eigenvalue weighted by molar-refractivity contribution is -0.132. The molecule has 1 unspecified atom stereocenters. The zero-order valence-corrected chi connectivity index (χ0v) is 20.2. The van der Waals surface area contributed by atoms with E-state index in [2.05, 4.69) is 6.92 Å². The highest BCUT2D eigenvalue weighted by molar-refractivity contribution is 6.51. The van der Waals surface area contributed by atoms with Crippen LogP contribution in [0.5, 0.6) is 11.5 Å². The van der Waals surface area contributed by atoms with Crippen molar-refractivity contribution in [1.29, 1.82) is 0 Å². The van der Waals surface area contributed by atoms with Crippen molar-refractivity contribution in [2.24, 2.45) is 0 Å². The van der Waals surface area contributed by atoms with Gasteiger partial charge in [-0.1, -0.05) is 56.3 Å². The fraction of sp³-hybridized carbons (Fsp3) is 0.241. The van der Waals surface area contributed by atoms with Gasteiger partial charge in [0.1, 0.15) is 17.3 Å². The third-order valence-electron chi connectivity index (χ3n) is 6.06. The van der Waals surface area contributed by atoms with E-state index in [1.54, 1.807) is 42.5 Å². The molecule has 1 fully saturated rings. The molecule has 0 aromatic heterocycles. The molecular formula is C29H29NO5. The smallest absolute Gasteiger partial charge is 0.300 e. The molecule has 3 aromatic rings. The zero-order valence-electron chi connectivity index (χ0n) is 20.2. The Morgan fingerprint density at radius 3 is 2.34 bits per heavy atom. The van der Waals surface area contributed by atoms with Crippen molar-refractivity contribution >= 4 is 23.1 Å². The van der Waals surface area contributed by atoms with Gasteiger partial charge in [-0.25, -0.2) is 0 Å². The molecule has 1 aliphatic heterocycles. The quantitative estimate of drug-likeness (QED) is 0.260. The number of hydrogen-bond acceptors (Lipinski definition) is 5. The van der Waals surface area contributed by atoms with Gasteiger partial charge in [0.05, 0.1) is 25.3 Å². The summed E-state index contributed by atoms with van der Waals surface area (Å²) in [5.74, 6) is -0.541. The molecule has 1 N–H and O–H groups in total. The third kappa shape index (κ3) is 4.78. The van der Waals surface area contributed by atoms with Crippen LogP contribution in [0.15, 0.2) is 78.4 Å². The van der Waals surface area contributed by atoms with E-state index in [9.17, 15) is 14.7 Å². The maximum absolute atomic E-state index is 13.4. The van der Waals surface area contributed by atoms with Crippen molar-refractivity contribution in [2.75, 3.05) is 18.6 Å².